The summed E-state index contributed by atoms with van der Waals surface area (Å²) in [6, 6.07) is 0. The molecule has 0 bridgehead atoms. The molecule has 0 saturated carbocycles. The largest absolute Gasteiger partial charge is 0.357 e. The molecule has 0 spiro atoms. The average Bonchev–Trinajstić information content (AvgIpc) is 2.83. The zero-order valence-corrected chi connectivity index (χ0v) is 15.5. The molecule has 3 N–H and O–H groups in total. The van der Waals surface area contributed by atoms with Crippen molar-refractivity contribution in [3.05, 3.63) is 15.6 Å². The minimum Gasteiger partial charge on any atom is -0.357 e. The Labute approximate surface area is 143 Å². The molecule has 0 aliphatic rings. The van der Waals surface area contributed by atoms with Gasteiger partial charge in [0.05, 0.1) is 10.7 Å². The first kappa shape index (κ1) is 19.4. The minimum absolute atomic E-state index is 0.0731. The molecular weight excluding hydrogens is 310 g/mol. The van der Waals surface area contributed by atoms with Gasteiger partial charge < -0.3 is 16.0 Å². The number of rotatable bonds is 9. The molecule has 1 rings (SSSR count). The number of thiazole rings is 1. The van der Waals surface area contributed by atoms with Crippen LogP contribution in [-0.2, 0) is 11.2 Å². The van der Waals surface area contributed by atoms with Crippen LogP contribution in [-0.4, -0.2) is 43.0 Å². The second kappa shape index (κ2) is 11.0. The quantitative estimate of drug-likeness (QED) is 0.473. The molecule has 23 heavy (non-hydrogen) atoms. The second-order valence-corrected chi connectivity index (χ2v) is 6.57. The van der Waals surface area contributed by atoms with E-state index in [1.165, 1.54) is 4.88 Å². The van der Waals surface area contributed by atoms with Crippen molar-refractivity contribution in [2.45, 2.75) is 47.0 Å². The maximum absolute atomic E-state index is 11.6. The summed E-state index contributed by atoms with van der Waals surface area (Å²) in [5.41, 5.74) is 1.11. The Morgan fingerprint density at radius 3 is 2.57 bits per heavy atom. The first-order valence-corrected chi connectivity index (χ1v) is 9.10. The SMILES string of the molecule is CCCNC(=O)CCNC(=NCCc1nc(C)c(C)s1)NCC. The van der Waals surface area contributed by atoms with E-state index in [-0.39, 0.29) is 5.91 Å². The van der Waals surface area contributed by atoms with Crippen molar-refractivity contribution >= 4 is 23.2 Å². The van der Waals surface area contributed by atoms with Gasteiger partial charge in [0.2, 0.25) is 5.91 Å². The molecule has 0 aromatic carbocycles. The molecular formula is C16H29N5OS. The highest BCUT2D eigenvalue weighted by Gasteiger charge is 2.04. The Bertz CT molecular complexity index is 493. The maximum Gasteiger partial charge on any atom is 0.221 e. The van der Waals surface area contributed by atoms with Gasteiger partial charge in [-0.15, -0.1) is 11.3 Å². The molecule has 1 amide bonds. The van der Waals surface area contributed by atoms with E-state index in [9.17, 15) is 4.79 Å². The highest BCUT2D eigenvalue weighted by atomic mass is 32.1. The fourth-order valence-corrected chi connectivity index (χ4v) is 2.82. The van der Waals surface area contributed by atoms with Gasteiger partial charge in [-0.1, -0.05) is 6.92 Å². The lowest BCUT2D eigenvalue weighted by Gasteiger charge is -2.11. The van der Waals surface area contributed by atoms with Gasteiger partial charge in [0, 0.05) is 43.9 Å². The second-order valence-electron chi connectivity index (χ2n) is 5.29. The van der Waals surface area contributed by atoms with Gasteiger partial charge in [-0.2, -0.15) is 0 Å². The van der Waals surface area contributed by atoms with E-state index >= 15 is 0 Å². The normalized spacial score (nSPS) is 11.4. The van der Waals surface area contributed by atoms with Gasteiger partial charge in [0.1, 0.15) is 0 Å². The molecule has 7 heteroatoms. The Kier molecular flexibility index (Phi) is 9.28. The number of carbonyl (C=O) groups excluding carboxylic acids is 1. The van der Waals surface area contributed by atoms with Crippen LogP contribution in [0, 0.1) is 13.8 Å². The summed E-state index contributed by atoms with van der Waals surface area (Å²) in [5, 5.41) is 10.4. The summed E-state index contributed by atoms with van der Waals surface area (Å²) in [5.74, 6) is 0.824. The Hall–Kier alpha value is -1.63. The number of aliphatic imine (C=N–C) groups is 1. The van der Waals surface area contributed by atoms with Crippen LogP contribution in [0.15, 0.2) is 4.99 Å². The summed E-state index contributed by atoms with van der Waals surface area (Å²) in [4.78, 5) is 21.9. The van der Waals surface area contributed by atoms with Crippen LogP contribution in [0.2, 0.25) is 0 Å². The number of hydrogen-bond acceptors (Lipinski definition) is 4. The van der Waals surface area contributed by atoms with E-state index in [0.717, 1.165) is 42.6 Å². The number of aryl methyl sites for hydroxylation is 2. The van der Waals surface area contributed by atoms with Crippen molar-refractivity contribution < 1.29 is 4.79 Å². The van der Waals surface area contributed by atoms with Crippen molar-refractivity contribution in [3.63, 3.8) is 0 Å². The summed E-state index contributed by atoms with van der Waals surface area (Å²) >= 11 is 1.73. The number of hydrogen-bond donors (Lipinski definition) is 3. The van der Waals surface area contributed by atoms with E-state index in [1.54, 1.807) is 11.3 Å². The van der Waals surface area contributed by atoms with Crippen LogP contribution in [0.3, 0.4) is 0 Å². The van der Waals surface area contributed by atoms with E-state index < -0.39 is 0 Å². The molecule has 1 heterocycles. The Morgan fingerprint density at radius 2 is 1.96 bits per heavy atom. The summed E-state index contributed by atoms with van der Waals surface area (Å²) in [6.45, 7) is 11.0. The molecule has 6 nitrogen and oxygen atoms in total. The highest BCUT2D eigenvalue weighted by molar-refractivity contribution is 7.11. The molecule has 1 aromatic heterocycles. The predicted octanol–water partition coefficient (Wildman–Crippen LogP) is 1.77. The lowest BCUT2D eigenvalue weighted by molar-refractivity contribution is -0.120. The van der Waals surface area contributed by atoms with Gasteiger partial charge >= 0.3 is 0 Å². The lowest BCUT2D eigenvalue weighted by atomic mass is 10.4. The monoisotopic (exact) mass is 339 g/mol. The van der Waals surface area contributed by atoms with E-state index in [2.05, 4.69) is 32.9 Å². The molecule has 0 fully saturated rings. The Morgan fingerprint density at radius 1 is 1.17 bits per heavy atom. The van der Waals surface area contributed by atoms with Crippen LogP contribution in [0.4, 0.5) is 0 Å². The van der Waals surface area contributed by atoms with Crippen LogP contribution in [0.5, 0.6) is 0 Å². The number of guanidine groups is 1. The number of amides is 1. The smallest absolute Gasteiger partial charge is 0.221 e. The van der Waals surface area contributed by atoms with Gasteiger partial charge in [-0.25, -0.2) is 4.98 Å². The number of nitrogens with one attached hydrogen (secondary N) is 3. The summed E-state index contributed by atoms with van der Waals surface area (Å²) in [7, 11) is 0. The number of carbonyl (C=O) groups is 1. The fourth-order valence-electron chi connectivity index (χ4n) is 1.90. The standard InChI is InChI=1S/C16H29N5OS/c1-5-9-18-14(22)7-10-19-16(17-6-2)20-11-8-15-21-12(3)13(4)23-15/h5-11H2,1-4H3,(H,18,22)(H2,17,19,20). The summed E-state index contributed by atoms with van der Waals surface area (Å²) in [6.07, 6.45) is 2.25. The van der Waals surface area contributed by atoms with Gasteiger partial charge in [-0.05, 0) is 27.2 Å². The fraction of sp³-hybridized carbons (Fsp3) is 0.688. The van der Waals surface area contributed by atoms with Gasteiger partial charge in [-0.3, -0.25) is 9.79 Å². The maximum atomic E-state index is 11.6. The first-order chi connectivity index (χ1) is 11.1. The highest BCUT2D eigenvalue weighted by Crippen LogP contribution is 2.16. The van der Waals surface area contributed by atoms with Crippen molar-refractivity contribution in [2.24, 2.45) is 4.99 Å². The van der Waals surface area contributed by atoms with Crippen molar-refractivity contribution in [1.29, 1.82) is 0 Å². The molecule has 0 aliphatic heterocycles. The first-order valence-electron chi connectivity index (χ1n) is 8.28. The van der Waals surface area contributed by atoms with Crippen LogP contribution < -0.4 is 16.0 Å². The van der Waals surface area contributed by atoms with E-state index in [0.29, 0.717) is 19.5 Å². The predicted molar refractivity (Wildman–Crippen MR) is 97.2 cm³/mol. The zero-order chi connectivity index (χ0) is 17.1. The molecule has 130 valence electrons. The molecule has 0 saturated heterocycles. The molecule has 0 unspecified atom stereocenters. The Balaban J connectivity index is 2.36. The topological polar surface area (TPSA) is 78.4 Å². The number of nitrogens with zero attached hydrogens (tertiary/aromatic N) is 2. The lowest BCUT2D eigenvalue weighted by Crippen LogP contribution is -2.39. The van der Waals surface area contributed by atoms with Crippen LogP contribution >= 0.6 is 11.3 Å². The minimum atomic E-state index is 0.0731. The van der Waals surface area contributed by atoms with Gasteiger partial charge in [0.25, 0.3) is 0 Å². The average molecular weight is 340 g/mol. The van der Waals surface area contributed by atoms with Gasteiger partial charge in [0.15, 0.2) is 5.96 Å². The van der Waals surface area contributed by atoms with Crippen LogP contribution in [0.1, 0.15) is 42.3 Å². The third kappa shape index (κ3) is 7.97. The van der Waals surface area contributed by atoms with Crippen molar-refractivity contribution in [1.82, 2.24) is 20.9 Å². The van der Waals surface area contributed by atoms with Crippen LogP contribution in [0.25, 0.3) is 0 Å². The zero-order valence-electron chi connectivity index (χ0n) is 14.7. The molecule has 0 radical (unpaired) electrons. The van der Waals surface area contributed by atoms with Crippen molar-refractivity contribution in [2.75, 3.05) is 26.2 Å². The molecule has 1 aromatic rings. The van der Waals surface area contributed by atoms with E-state index in [4.69, 9.17) is 0 Å². The third-order valence-corrected chi connectivity index (χ3v) is 4.36. The van der Waals surface area contributed by atoms with E-state index in [1.807, 2.05) is 20.8 Å². The number of aromatic nitrogens is 1. The molecule has 0 atom stereocenters. The third-order valence-electron chi connectivity index (χ3n) is 3.23. The summed E-state index contributed by atoms with van der Waals surface area (Å²) < 4.78 is 0. The molecule has 0 aliphatic carbocycles. The van der Waals surface area contributed by atoms with Crippen molar-refractivity contribution in [3.8, 4) is 0 Å².